The second-order valence-electron chi connectivity index (χ2n) is 13.7. The molecule has 0 radical (unpaired) electrons. The SMILES string of the molecule is CC(C)(C)c1cccc(CNc2ccc3ccccc3c2-c2c(NCc3cccc(C(C)(C)C)n3)ccc3ccccc23)n1. The summed E-state index contributed by atoms with van der Waals surface area (Å²) in [6.45, 7) is 14.5. The van der Waals surface area contributed by atoms with Gasteiger partial charge in [0.25, 0.3) is 0 Å². The monoisotopic (exact) mass is 578 g/mol. The van der Waals surface area contributed by atoms with E-state index in [2.05, 4.69) is 161 Å². The number of hydrogen-bond donors (Lipinski definition) is 2. The van der Waals surface area contributed by atoms with E-state index in [1.165, 1.54) is 32.7 Å². The molecule has 0 aliphatic heterocycles. The van der Waals surface area contributed by atoms with Crippen LogP contribution in [-0.4, -0.2) is 9.97 Å². The predicted molar refractivity (Wildman–Crippen MR) is 187 cm³/mol. The van der Waals surface area contributed by atoms with Gasteiger partial charge in [0.2, 0.25) is 0 Å². The van der Waals surface area contributed by atoms with Crippen molar-refractivity contribution in [2.24, 2.45) is 0 Å². The molecule has 4 nitrogen and oxygen atoms in total. The molecule has 0 amide bonds. The maximum absolute atomic E-state index is 5.00. The number of pyridine rings is 2. The van der Waals surface area contributed by atoms with Gasteiger partial charge < -0.3 is 10.6 Å². The first-order chi connectivity index (χ1) is 21.1. The van der Waals surface area contributed by atoms with Crippen LogP contribution < -0.4 is 10.6 Å². The molecule has 2 heterocycles. The molecule has 0 atom stereocenters. The predicted octanol–water partition coefficient (Wildman–Crippen LogP) is 10.3. The summed E-state index contributed by atoms with van der Waals surface area (Å²) in [5.74, 6) is 0. The van der Waals surface area contributed by atoms with Crippen molar-refractivity contribution in [2.75, 3.05) is 10.6 Å². The number of benzene rings is 4. The number of aromatic nitrogens is 2. The van der Waals surface area contributed by atoms with E-state index >= 15 is 0 Å². The molecule has 0 fully saturated rings. The molecule has 2 aromatic heterocycles. The lowest BCUT2D eigenvalue weighted by Crippen LogP contribution is -2.15. The number of nitrogens with zero attached hydrogens (tertiary/aromatic N) is 2. The zero-order valence-electron chi connectivity index (χ0n) is 26.7. The third kappa shape index (κ3) is 6.16. The molecule has 0 unspecified atom stereocenters. The Hall–Kier alpha value is -4.70. The van der Waals surface area contributed by atoms with E-state index in [1.54, 1.807) is 0 Å². The zero-order valence-corrected chi connectivity index (χ0v) is 26.7. The summed E-state index contributed by atoms with van der Waals surface area (Å²) >= 11 is 0. The van der Waals surface area contributed by atoms with Crippen molar-refractivity contribution in [1.82, 2.24) is 9.97 Å². The molecule has 2 N–H and O–H groups in total. The first-order valence-corrected chi connectivity index (χ1v) is 15.5. The van der Waals surface area contributed by atoms with Crippen LogP contribution in [0.4, 0.5) is 11.4 Å². The molecule has 0 bridgehead atoms. The number of rotatable bonds is 7. The Morgan fingerprint density at radius 2 is 0.864 bits per heavy atom. The molecule has 6 rings (SSSR count). The minimum absolute atomic E-state index is 0.00506. The number of anilines is 2. The van der Waals surface area contributed by atoms with Crippen molar-refractivity contribution in [2.45, 2.75) is 65.5 Å². The van der Waals surface area contributed by atoms with Crippen LogP contribution in [-0.2, 0) is 23.9 Å². The van der Waals surface area contributed by atoms with Crippen molar-refractivity contribution in [3.05, 3.63) is 132 Å². The van der Waals surface area contributed by atoms with E-state index in [0.29, 0.717) is 13.1 Å². The van der Waals surface area contributed by atoms with Gasteiger partial charge in [0.1, 0.15) is 0 Å². The van der Waals surface area contributed by atoms with E-state index in [1.807, 2.05) is 0 Å². The summed E-state index contributed by atoms with van der Waals surface area (Å²) in [5, 5.41) is 12.4. The van der Waals surface area contributed by atoms with Gasteiger partial charge in [-0.15, -0.1) is 0 Å². The van der Waals surface area contributed by atoms with Crippen LogP contribution in [0, 0.1) is 0 Å². The number of hydrogen-bond acceptors (Lipinski definition) is 4. The minimum Gasteiger partial charge on any atom is -0.379 e. The standard InChI is InChI=1S/C40H42N4/c1-39(2,3)35-19-11-15-29(43-35)25-41-33-23-21-27-13-7-9-17-31(27)37(33)38-32-18-10-8-14-28(32)22-24-34(38)42-26-30-16-12-20-36(44-30)40(4,5)6/h7-24,41-42H,25-26H2,1-6H3. The highest BCUT2D eigenvalue weighted by Crippen LogP contribution is 2.44. The largest absolute Gasteiger partial charge is 0.379 e. The van der Waals surface area contributed by atoms with Crippen LogP contribution in [0.2, 0.25) is 0 Å². The van der Waals surface area contributed by atoms with E-state index in [-0.39, 0.29) is 10.8 Å². The average Bonchev–Trinajstić information content (AvgIpc) is 3.02. The van der Waals surface area contributed by atoms with Gasteiger partial charge in [-0.3, -0.25) is 9.97 Å². The third-order valence-corrected chi connectivity index (χ3v) is 8.18. The fraction of sp³-hybridized carbons (Fsp3) is 0.250. The summed E-state index contributed by atoms with van der Waals surface area (Å²) in [4.78, 5) is 9.99. The lowest BCUT2D eigenvalue weighted by Gasteiger charge is -2.22. The van der Waals surface area contributed by atoms with Gasteiger partial charge in [0, 0.05) is 44.7 Å². The van der Waals surface area contributed by atoms with Gasteiger partial charge in [0.05, 0.1) is 24.5 Å². The highest BCUT2D eigenvalue weighted by molar-refractivity contribution is 6.13. The second kappa shape index (κ2) is 11.8. The van der Waals surface area contributed by atoms with Crippen LogP contribution in [0.1, 0.15) is 64.3 Å². The summed E-state index contributed by atoms with van der Waals surface area (Å²) in [6, 6.07) is 38.8. The quantitative estimate of drug-likeness (QED) is 0.198. The average molecular weight is 579 g/mol. The summed E-state index contributed by atoms with van der Waals surface area (Å²) in [6.07, 6.45) is 0. The number of nitrogens with one attached hydrogen (secondary N) is 2. The van der Waals surface area contributed by atoms with Crippen molar-refractivity contribution in [3.63, 3.8) is 0 Å². The zero-order chi connectivity index (χ0) is 30.9. The Bertz CT molecular complexity index is 1800. The smallest absolute Gasteiger partial charge is 0.0598 e. The van der Waals surface area contributed by atoms with Gasteiger partial charge in [-0.05, 0) is 57.9 Å². The van der Waals surface area contributed by atoms with Gasteiger partial charge in [-0.2, -0.15) is 0 Å². The molecule has 0 saturated heterocycles. The molecule has 4 aromatic carbocycles. The van der Waals surface area contributed by atoms with E-state index in [4.69, 9.17) is 9.97 Å². The lowest BCUT2D eigenvalue weighted by atomic mass is 9.90. The van der Waals surface area contributed by atoms with Gasteiger partial charge in [-0.25, -0.2) is 0 Å². The number of fused-ring (bicyclic) bond motifs is 2. The normalized spacial score (nSPS) is 12.0. The fourth-order valence-corrected chi connectivity index (χ4v) is 5.74. The molecule has 222 valence electrons. The van der Waals surface area contributed by atoms with Gasteiger partial charge in [-0.1, -0.05) is 114 Å². The van der Waals surface area contributed by atoms with E-state index < -0.39 is 0 Å². The van der Waals surface area contributed by atoms with Crippen LogP contribution in [0.5, 0.6) is 0 Å². The molecule has 44 heavy (non-hydrogen) atoms. The Morgan fingerprint density at radius 1 is 0.455 bits per heavy atom. The maximum atomic E-state index is 5.00. The minimum atomic E-state index is -0.00506. The van der Waals surface area contributed by atoms with Crippen molar-refractivity contribution in [1.29, 1.82) is 0 Å². The Balaban J connectivity index is 1.46. The first-order valence-electron chi connectivity index (χ1n) is 15.5. The van der Waals surface area contributed by atoms with Crippen LogP contribution in [0.3, 0.4) is 0 Å². The van der Waals surface area contributed by atoms with Crippen LogP contribution >= 0.6 is 0 Å². The summed E-state index contributed by atoms with van der Waals surface area (Å²) in [5.41, 5.74) is 8.77. The molecule has 4 heteroatoms. The third-order valence-electron chi connectivity index (χ3n) is 8.18. The molecule has 6 aromatic rings. The maximum Gasteiger partial charge on any atom is 0.0598 e. The summed E-state index contributed by atoms with van der Waals surface area (Å²) in [7, 11) is 0. The fourth-order valence-electron chi connectivity index (χ4n) is 5.74. The molecule has 0 saturated carbocycles. The topological polar surface area (TPSA) is 49.8 Å². The van der Waals surface area contributed by atoms with Crippen LogP contribution in [0.15, 0.2) is 109 Å². The molecule has 0 aliphatic rings. The van der Waals surface area contributed by atoms with Gasteiger partial charge in [0.15, 0.2) is 0 Å². The Labute approximate surface area is 261 Å². The molecule has 0 spiro atoms. The van der Waals surface area contributed by atoms with Crippen molar-refractivity contribution >= 4 is 32.9 Å². The lowest BCUT2D eigenvalue weighted by molar-refractivity contribution is 0.566. The highest BCUT2D eigenvalue weighted by Gasteiger charge is 2.19. The van der Waals surface area contributed by atoms with Gasteiger partial charge >= 0.3 is 0 Å². The molecule has 0 aliphatic carbocycles. The van der Waals surface area contributed by atoms with E-state index in [0.717, 1.165) is 34.2 Å². The molecular formula is C40H42N4. The summed E-state index contributed by atoms with van der Waals surface area (Å²) < 4.78 is 0. The first kappa shape index (κ1) is 29.4. The van der Waals surface area contributed by atoms with E-state index in [9.17, 15) is 0 Å². The Kier molecular flexibility index (Phi) is 7.85. The van der Waals surface area contributed by atoms with Crippen LogP contribution in [0.25, 0.3) is 32.7 Å². The van der Waals surface area contributed by atoms with Crippen molar-refractivity contribution in [3.8, 4) is 11.1 Å². The Morgan fingerprint density at radius 3 is 1.27 bits per heavy atom. The second-order valence-corrected chi connectivity index (χ2v) is 13.7. The molecular weight excluding hydrogens is 536 g/mol. The highest BCUT2D eigenvalue weighted by atomic mass is 14.9. The van der Waals surface area contributed by atoms with Crippen molar-refractivity contribution < 1.29 is 0 Å².